The Hall–Kier alpha value is -3.83. The van der Waals surface area contributed by atoms with Gasteiger partial charge in [-0.15, -0.1) is 0 Å². The molecule has 2 fully saturated rings. The van der Waals surface area contributed by atoms with Crippen molar-refractivity contribution >= 4 is 22.6 Å². The van der Waals surface area contributed by atoms with Crippen LogP contribution in [0.25, 0.3) is 10.8 Å². The zero-order valence-corrected chi connectivity index (χ0v) is 19.3. The molecule has 0 atom stereocenters. The summed E-state index contributed by atoms with van der Waals surface area (Å²) < 4.78 is 67.9. The van der Waals surface area contributed by atoms with Crippen LogP contribution < -0.4 is 5.56 Å². The number of H-pyrrole nitrogens is 1. The zero-order chi connectivity index (χ0) is 26.5. The van der Waals surface area contributed by atoms with Crippen LogP contribution in [0.4, 0.5) is 22.0 Å². The number of amides is 2. The predicted molar refractivity (Wildman–Crippen MR) is 122 cm³/mol. The van der Waals surface area contributed by atoms with E-state index in [1.165, 1.54) is 4.90 Å². The molecule has 3 aromatic rings. The van der Waals surface area contributed by atoms with Crippen LogP contribution >= 0.6 is 0 Å². The Morgan fingerprint density at radius 1 is 1.05 bits per heavy atom. The van der Waals surface area contributed by atoms with Gasteiger partial charge in [0.05, 0.1) is 16.6 Å². The van der Waals surface area contributed by atoms with Gasteiger partial charge in [0.15, 0.2) is 0 Å². The molecule has 1 aromatic heterocycles. The van der Waals surface area contributed by atoms with E-state index in [1.807, 2.05) is 0 Å². The molecule has 194 valence electrons. The summed E-state index contributed by atoms with van der Waals surface area (Å²) in [5, 5.41) is 7.16. The van der Waals surface area contributed by atoms with Gasteiger partial charge in [-0.05, 0) is 30.5 Å². The average Bonchev–Trinajstić information content (AvgIpc) is 3.66. The van der Waals surface area contributed by atoms with E-state index in [1.54, 1.807) is 24.3 Å². The quantitative estimate of drug-likeness (QED) is 0.505. The highest BCUT2D eigenvalue weighted by Gasteiger charge is 2.48. The zero-order valence-electron chi connectivity index (χ0n) is 19.3. The Labute approximate surface area is 206 Å². The molecule has 1 N–H and O–H groups in total. The molecule has 1 saturated heterocycles. The number of nitrogens with zero attached hydrogens (tertiary/aromatic N) is 3. The number of hydrogen-bond acceptors (Lipinski definition) is 4. The van der Waals surface area contributed by atoms with E-state index in [9.17, 15) is 36.3 Å². The fourth-order valence-corrected chi connectivity index (χ4v) is 4.63. The summed E-state index contributed by atoms with van der Waals surface area (Å²) in [5.74, 6) is -4.96. The van der Waals surface area contributed by atoms with Gasteiger partial charge in [-0.2, -0.15) is 18.3 Å². The van der Waals surface area contributed by atoms with E-state index in [0.717, 1.165) is 11.0 Å². The SMILES string of the molecule is O=C(c1cc(Cc2n[nH]c(=O)c3ccccc23)c(F)cc1F)N1CC(CN(C(=O)C(F)(F)F)C2CC2)C1. The highest BCUT2D eigenvalue weighted by atomic mass is 19.4. The topological polar surface area (TPSA) is 86.4 Å². The maximum absolute atomic E-state index is 14.6. The minimum absolute atomic E-state index is 0.0118. The number of aromatic nitrogens is 2. The Morgan fingerprint density at radius 3 is 2.38 bits per heavy atom. The lowest BCUT2D eigenvalue weighted by Gasteiger charge is -2.42. The van der Waals surface area contributed by atoms with E-state index in [-0.39, 0.29) is 43.1 Å². The molecule has 0 bridgehead atoms. The number of alkyl halides is 3. The number of fused-ring (bicyclic) bond motifs is 1. The van der Waals surface area contributed by atoms with Gasteiger partial charge in [0.2, 0.25) is 0 Å². The number of likely N-dealkylation sites (tertiary alicyclic amines) is 1. The van der Waals surface area contributed by atoms with Gasteiger partial charge in [-0.1, -0.05) is 18.2 Å². The predicted octanol–water partition coefficient (Wildman–Crippen LogP) is 3.42. The molecule has 1 aliphatic carbocycles. The molecule has 2 heterocycles. The van der Waals surface area contributed by atoms with Crippen LogP contribution in [0.3, 0.4) is 0 Å². The summed E-state index contributed by atoms with van der Waals surface area (Å²) in [6.45, 7) is -0.0498. The summed E-state index contributed by atoms with van der Waals surface area (Å²) in [6.07, 6.45) is -4.09. The molecule has 1 saturated carbocycles. The molecule has 2 aliphatic rings. The first-order chi connectivity index (χ1) is 17.5. The van der Waals surface area contributed by atoms with Gasteiger partial charge in [0, 0.05) is 49.5 Å². The lowest BCUT2D eigenvalue weighted by atomic mass is 9.96. The average molecular weight is 520 g/mol. The van der Waals surface area contributed by atoms with Crippen LogP contribution in [-0.4, -0.2) is 63.7 Å². The summed E-state index contributed by atoms with van der Waals surface area (Å²) in [7, 11) is 0. The highest BCUT2D eigenvalue weighted by molar-refractivity contribution is 5.95. The second-order valence-electron chi connectivity index (χ2n) is 9.41. The van der Waals surface area contributed by atoms with Gasteiger partial charge in [-0.25, -0.2) is 13.9 Å². The molecular weight excluding hydrogens is 499 g/mol. The number of carbonyl (C=O) groups is 2. The van der Waals surface area contributed by atoms with Crippen LogP contribution in [0.2, 0.25) is 0 Å². The van der Waals surface area contributed by atoms with E-state index >= 15 is 0 Å². The summed E-state index contributed by atoms with van der Waals surface area (Å²) in [6, 6.07) is 7.83. The minimum Gasteiger partial charge on any atom is -0.338 e. The van der Waals surface area contributed by atoms with Gasteiger partial charge < -0.3 is 9.80 Å². The molecule has 0 unspecified atom stereocenters. The first-order valence-corrected chi connectivity index (χ1v) is 11.6. The van der Waals surface area contributed by atoms with Crippen LogP contribution in [0.15, 0.2) is 41.2 Å². The number of carbonyl (C=O) groups excluding carboxylic acids is 2. The molecule has 1 aliphatic heterocycles. The molecule has 2 aromatic carbocycles. The fraction of sp³-hybridized carbons (Fsp3) is 0.360. The van der Waals surface area contributed by atoms with Crippen molar-refractivity contribution in [2.45, 2.75) is 31.5 Å². The number of halogens is 5. The normalized spacial score (nSPS) is 16.1. The van der Waals surface area contributed by atoms with Crippen molar-refractivity contribution in [1.29, 1.82) is 0 Å². The first kappa shape index (κ1) is 24.8. The van der Waals surface area contributed by atoms with Gasteiger partial charge >= 0.3 is 12.1 Å². The summed E-state index contributed by atoms with van der Waals surface area (Å²) >= 11 is 0. The Morgan fingerprint density at radius 2 is 1.73 bits per heavy atom. The van der Waals surface area contributed by atoms with Crippen LogP contribution in [0.5, 0.6) is 0 Å². The lowest BCUT2D eigenvalue weighted by Crippen LogP contribution is -2.56. The van der Waals surface area contributed by atoms with Crippen molar-refractivity contribution < 1.29 is 31.5 Å². The fourth-order valence-electron chi connectivity index (χ4n) is 4.63. The van der Waals surface area contributed by atoms with Gasteiger partial charge in [0.25, 0.3) is 11.5 Å². The number of rotatable bonds is 6. The monoisotopic (exact) mass is 520 g/mol. The second kappa shape index (κ2) is 9.24. The highest BCUT2D eigenvalue weighted by Crippen LogP contribution is 2.33. The number of nitrogens with one attached hydrogen (secondary N) is 1. The van der Waals surface area contributed by atoms with Crippen LogP contribution in [-0.2, 0) is 11.2 Å². The van der Waals surface area contributed by atoms with Crippen molar-refractivity contribution in [1.82, 2.24) is 20.0 Å². The van der Waals surface area contributed by atoms with Crippen LogP contribution in [0, 0.1) is 17.6 Å². The second-order valence-corrected chi connectivity index (χ2v) is 9.41. The maximum atomic E-state index is 14.6. The Kier molecular flexibility index (Phi) is 6.20. The Balaban J connectivity index is 1.31. The van der Waals surface area contributed by atoms with E-state index in [2.05, 4.69) is 10.2 Å². The van der Waals surface area contributed by atoms with Crippen molar-refractivity contribution in [2.75, 3.05) is 19.6 Å². The molecule has 7 nitrogen and oxygen atoms in total. The van der Waals surface area contributed by atoms with Gasteiger partial charge in [-0.3, -0.25) is 14.4 Å². The van der Waals surface area contributed by atoms with Crippen LogP contribution in [0.1, 0.15) is 34.5 Å². The molecular formula is C25H21F5N4O3. The first-order valence-electron chi connectivity index (χ1n) is 11.6. The molecule has 0 radical (unpaired) electrons. The third-order valence-electron chi connectivity index (χ3n) is 6.69. The molecule has 37 heavy (non-hydrogen) atoms. The van der Waals surface area contributed by atoms with Gasteiger partial charge in [0.1, 0.15) is 11.6 Å². The Bertz CT molecular complexity index is 1440. The van der Waals surface area contributed by atoms with E-state index in [0.29, 0.717) is 35.4 Å². The molecule has 12 heteroatoms. The van der Waals surface area contributed by atoms with Crippen molar-refractivity contribution in [2.24, 2.45) is 5.92 Å². The summed E-state index contributed by atoms with van der Waals surface area (Å²) in [4.78, 5) is 38.7. The minimum atomic E-state index is -4.97. The largest absolute Gasteiger partial charge is 0.471 e. The van der Waals surface area contributed by atoms with E-state index < -0.39 is 41.2 Å². The standard InChI is InChI=1S/C25H21F5N4O3/c26-19-9-20(27)18(7-14(19)8-21-16-3-1-2-4-17(16)22(35)32-31-21)23(36)33-10-13(11-33)12-34(15-5-6-15)24(37)25(28,29)30/h1-4,7,9,13,15H,5-6,8,10-12H2,(H,32,35). The summed E-state index contributed by atoms with van der Waals surface area (Å²) in [5.41, 5.74) is -0.479. The lowest BCUT2D eigenvalue weighted by molar-refractivity contribution is -0.187. The molecule has 5 rings (SSSR count). The number of aromatic amines is 1. The van der Waals surface area contributed by atoms with Crippen molar-refractivity contribution in [3.05, 3.63) is 75.2 Å². The van der Waals surface area contributed by atoms with E-state index in [4.69, 9.17) is 0 Å². The van der Waals surface area contributed by atoms with Crippen molar-refractivity contribution in [3.8, 4) is 0 Å². The van der Waals surface area contributed by atoms with Crippen molar-refractivity contribution in [3.63, 3.8) is 0 Å². The third-order valence-corrected chi connectivity index (χ3v) is 6.69. The smallest absolute Gasteiger partial charge is 0.338 e. The third kappa shape index (κ3) is 4.92. The maximum Gasteiger partial charge on any atom is 0.471 e. The number of benzene rings is 2. The molecule has 0 spiro atoms. The molecule has 2 amide bonds. The number of hydrogen-bond donors (Lipinski definition) is 1.